The molecule has 6 nitrogen and oxygen atoms in total. The van der Waals surface area contributed by atoms with Crippen molar-refractivity contribution in [1.29, 1.82) is 0 Å². The second-order valence-corrected chi connectivity index (χ2v) is 6.41. The minimum absolute atomic E-state index is 0.322. The van der Waals surface area contributed by atoms with Crippen LogP contribution in [0.25, 0.3) is 0 Å². The molecule has 98 valence electrons. The lowest BCUT2D eigenvalue weighted by atomic mass is 10.2. The van der Waals surface area contributed by atoms with E-state index in [0.29, 0.717) is 18.9 Å². The van der Waals surface area contributed by atoms with Crippen molar-refractivity contribution in [3.8, 4) is 0 Å². The van der Waals surface area contributed by atoms with Crippen molar-refractivity contribution in [3.63, 3.8) is 0 Å². The van der Waals surface area contributed by atoms with E-state index in [9.17, 15) is 8.42 Å². The fourth-order valence-electron chi connectivity index (χ4n) is 1.69. The smallest absolute Gasteiger partial charge is 0.152 e. The van der Waals surface area contributed by atoms with Gasteiger partial charge in [-0.15, -0.1) is 0 Å². The summed E-state index contributed by atoms with van der Waals surface area (Å²) in [6.45, 7) is 6.94. The number of aromatic nitrogens is 3. The highest BCUT2D eigenvalue weighted by Gasteiger charge is 2.29. The topological polar surface area (TPSA) is 76.9 Å². The van der Waals surface area contributed by atoms with Crippen molar-refractivity contribution in [1.82, 2.24) is 20.1 Å². The van der Waals surface area contributed by atoms with E-state index in [1.54, 1.807) is 11.6 Å². The number of aryl methyl sites for hydroxylation is 1. The maximum Gasteiger partial charge on any atom is 0.152 e. The molecule has 0 fully saturated rings. The second-order valence-electron chi connectivity index (χ2n) is 4.00. The van der Waals surface area contributed by atoms with Gasteiger partial charge in [0.15, 0.2) is 9.84 Å². The van der Waals surface area contributed by atoms with E-state index in [1.165, 1.54) is 12.6 Å². The van der Waals surface area contributed by atoms with Crippen LogP contribution < -0.4 is 5.32 Å². The van der Waals surface area contributed by atoms with Crippen molar-refractivity contribution < 1.29 is 8.42 Å². The summed E-state index contributed by atoms with van der Waals surface area (Å²) < 4.78 is 25.0. The molecule has 0 saturated carbocycles. The van der Waals surface area contributed by atoms with Crippen molar-refractivity contribution in [2.24, 2.45) is 0 Å². The Bertz CT molecular complexity index is 455. The van der Waals surface area contributed by atoms with Gasteiger partial charge >= 0.3 is 0 Å². The molecule has 0 spiro atoms. The van der Waals surface area contributed by atoms with Gasteiger partial charge in [0.25, 0.3) is 0 Å². The highest BCUT2D eigenvalue weighted by atomic mass is 32.2. The maximum absolute atomic E-state index is 11.6. The third-order valence-electron chi connectivity index (χ3n) is 2.79. The molecule has 0 aliphatic heterocycles. The molecule has 1 N–H and O–H groups in total. The summed E-state index contributed by atoms with van der Waals surface area (Å²) in [6.07, 6.45) is 2.70. The molecule has 2 atom stereocenters. The molecule has 7 heteroatoms. The van der Waals surface area contributed by atoms with Gasteiger partial charge in [0.05, 0.1) is 11.3 Å². The minimum atomic E-state index is -3.12. The van der Waals surface area contributed by atoms with E-state index in [2.05, 4.69) is 15.4 Å². The quantitative estimate of drug-likeness (QED) is 0.800. The first-order valence-corrected chi connectivity index (χ1v) is 7.67. The largest absolute Gasteiger partial charge is 0.307 e. The zero-order valence-electron chi connectivity index (χ0n) is 10.7. The third-order valence-corrected chi connectivity index (χ3v) is 4.41. The van der Waals surface area contributed by atoms with Gasteiger partial charge in [-0.2, -0.15) is 5.10 Å². The Balaban J connectivity index is 3.09. The zero-order chi connectivity index (χ0) is 13.1. The first-order valence-electron chi connectivity index (χ1n) is 5.71. The fraction of sp³-hybridized carbons (Fsp3) is 0.800. The lowest BCUT2D eigenvalue weighted by Crippen LogP contribution is -2.37. The van der Waals surface area contributed by atoms with E-state index in [0.717, 1.165) is 0 Å². The van der Waals surface area contributed by atoms with E-state index in [1.807, 2.05) is 13.8 Å². The molecular weight excluding hydrogens is 240 g/mol. The summed E-state index contributed by atoms with van der Waals surface area (Å²) in [5, 5.41) is 6.71. The molecule has 0 radical (unpaired) electrons. The maximum atomic E-state index is 11.6. The number of hydrogen-bond acceptors (Lipinski definition) is 5. The van der Waals surface area contributed by atoms with Crippen LogP contribution in [0.3, 0.4) is 0 Å². The molecule has 0 amide bonds. The van der Waals surface area contributed by atoms with E-state index < -0.39 is 15.1 Å². The van der Waals surface area contributed by atoms with Crippen LogP contribution in [0.5, 0.6) is 0 Å². The average Bonchev–Trinajstić information content (AvgIpc) is 2.71. The van der Waals surface area contributed by atoms with Crippen LogP contribution >= 0.6 is 0 Å². The predicted molar refractivity (Wildman–Crippen MR) is 66.4 cm³/mol. The molecule has 0 saturated heterocycles. The summed E-state index contributed by atoms with van der Waals surface area (Å²) >= 11 is 0. The van der Waals surface area contributed by atoms with Crippen LogP contribution in [0, 0.1) is 0 Å². The predicted octanol–water partition coefficient (Wildman–Crippen LogP) is 0.382. The Morgan fingerprint density at radius 1 is 1.47 bits per heavy atom. The van der Waals surface area contributed by atoms with E-state index in [-0.39, 0.29) is 6.04 Å². The van der Waals surface area contributed by atoms with Crippen molar-refractivity contribution in [3.05, 3.63) is 12.2 Å². The lowest BCUT2D eigenvalue weighted by Gasteiger charge is -2.22. The summed E-state index contributed by atoms with van der Waals surface area (Å²) in [7, 11) is -3.12. The van der Waals surface area contributed by atoms with Crippen LogP contribution in [-0.2, 0) is 16.4 Å². The molecule has 1 heterocycles. The van der Waals surface area contributed by atoms with Crippen molar-refractivity contribution >= 4 is 9.84 Å². The summed E-state index contributed by atoms with van der Waals surface area (Å²) in [4.78, 5) is 4.17. The average molecular weight is 260 g/mol. The van der Waals surface area contributed by atoms with Crippen LogP contribution in [0.2, 0.25) is 0 Å². The van der Waals surface area contributed by atoms with Gasteiger partial charge in [-0.3, -0.25) is 0 Å². The fourth-order valence-corrected chi connectivity index (χ4v) is 2.40. The Kier molecular flexibility index (Phi) is 4.64. The van der Waals surface area contributed by atoms with Gasteiger partial charge in [-0.05, 0) is 20.4 Å². The van der Waals surface area contributed by atoms with Gasteiger partial charge < -0.3 is 5.32 Å². The standard InChI is InChI=1S/C10H20N4O2S/c1-5-11-9(8(3)17(4,15)16)10-12-7-13-14(10)6-2/h7-9,11H,5-6H2,1-4H3. The van der Waals surface area contributed by atoms with Crippen LogP contribution in [0.1, 0.15) is 32.6 Å². The molecule has 17 heavy (non-hydrogen) atoms. The van der Waals surface area contributed by atoms with Gasteiger partial charge in [0, 0.05) is 12.8 Å². The summed E-state index contributed by atoms with van der Waals surface area (Å²) in [6, 6.07) is -0.322. The van der Waals surface area contributed by atoms with Gasteiger partial charge in [0.2, 0.25) is 0 Å². The van der Waals surface area contributed by atoms with E-state index >= 15 is 0 Å². The number of sulfone groups is 1. The number of nitrogens with zero attached hydrogens (tertiary/aromatic N) is 3. The Morgan fingerprint density at radius 2 is 2.12 bits per heavy atom. The van der Waals surface area contributed by atoms with Crippen molar-refractivity contribution in [2.75, 3.05) is 12.8 Å². The first-order chi connectivity index (χ1) is 7.91. The molecule has 0 bridgehead atoms. The monoisotopic (exact) mass is 260 g/mol. The molecule has 2 unspecified atom stereocenters. The highest BCUT2D eigenvalue weighted by Crippen LogP contribution is 2.19. The first kappa shape index (κ1) is 14.1. The third kappa shape index (κ3) is 3.26. The van der Waals surface area contributed by atoms with Crippen LogP contribution in [0.4, 0.5) is 0 Å². The molecule has 0 aromatic carbocycles. The Hall–Kier alpha value is -0.950. The Morgan fingerprint density at radius 3 is 2.59 bits per heavy atom. The normalized spacial score (nSPS) is 15.8. The number of rotatable bonds is 6. The van der Waals surface area contributed by atoms with Gasteiger partial charge in [-0.1, -0.05) is 6.92 Å². The van der Waals surface area contributed by atoms with Crippen molar-refractivity contribution in [2.45, 2.75) is 38.6 Å². The minimum Gasteiger partial charge on any atom is -0.307 e. The van der Waals surface area contributed by atoms with E-state index in [4.69, 9.17) is 0 Å². The zero-order valence-corrected chi connectivity index (χ0v) is 11.5. The van der Waals surface area contributed by atoms with Gasteiger partial charge in [-0.25, -0.2) is 18.1 Å². The van der Waals surface area contributed by atoms with Gasteiger partial charge in [0.1, 0.15) is 12.2 Å². The molecule has 1 aromatic rings. The summed E-state index contributed by atoms with van der Waals surface area (Å²) in [5.41, 5.74) is 0. The lowest BCUT2D eigenvalue weighted by molar-refractivity contribution is 0.462. The second kappa shape index (κ2) is 5.59. The summed E-state index contributed by atoms with van der Waals surface area (Å²) in [5.74, 6) is 0.673. The molecule has 1 rings (SSSR count). The highest BCUT2D eigenvalue weighted by molar-refractivity contribution is 7.91. The Labute approximate surface area is 102 Å². The van der Waals surface area contributed by atoms with Crippen LogP contribution in [0.15, 0.2) is 6.33 Å². The molecular formula is C10H20N4O2S. The SMILES string of the molecule is CCNC(c1ncnn1CC)C(C)S(C)(=O)=O. The number of nitrogens with one attached hydrogen (secondary N) is 1. The van der Waals surface area contributed by atoms with Crippen LogP contribution in [-0.4, -0.2) is 41.2 Å². The molecule has 0 aliphatic rings. The number of hydrogen-bond donors (Lipinski definition) is 1. The molecule has 1 aromatic heterocycles. The molecule has 0 aliphatic carbocycles.